The lowest BCUT2D eigenvalue weighted by atomic mass is 10.2. The van der Waals surface area contributed by atoms with Crippen molar-refractivity contribution in [3.8, 4) is 5.75 Å². The Morgan fingerprint density at radius 1 is 1.47 bits per heavy atom. The summed E-state index contributed by atoms with van der Waals surface area (Å²) in [7, 11) is 0. The van der Waals surface area contributed by atoms with Gasteiger partial charge in [0.15, 0.2) is 0 Å². The van der Waals surface area contributed by atoms with Crippen LogP contribution in [0.2, 0.25) is 0 Å². The summed E-state index contributed by atoms with van der Waals surface area (Å²) in [6.45, 7) is -0.692. The lowest BCUT2D eigenvalue weighted by Crippen LogP contribution is -2.25. The lowest BCUT2D eigenvalue weighted by molar-refractivity contribution is -0.386. The molecular formula is C10H9BrF3NO4. The van der Waals surface area contributed by atoms with Crippen molar-refractivity contribution in [3.63, 3.8) is 0 Å². The Balaban J connectivity index is 2.75. The molecule has 1 atom stereocenters. The average Bonchev–Trinajstić information content (AvgIpc) is 2.24. The van der Waals surface area contributed by atoms with E-state index in [4.69, 9.17) is 9.84 Å². The molecule has 0 aliphatic carbocycles. The van der Waals surface area contributed by atoms with E-state index in [0.717, 1.165) is 6.07 Å². The van der Waals surface area contributed by atoms with Crippen LogP contribution in [0, 0.1) is 10.1 Å². The van der Waals surface area contributed by atoms with Crippen molar-refractivity contribution < 1.29 is 27.9 Å². The van der Waals surface area contributed by atoms with Crippen molar-refractivity contribution in [1.82, 2.24) is 0 Å². The third-order valence-corrected chi connectivity index (χ3v) is 2.65. The summed E-state index contributed by atoms with van der Waals surface area (Å²) in [6, 6.07) is 3.98. The van der Waals surface area contributed by atoms with Crippen LogP contribution in [-0.2, 0) is 0 Å². The van der Waals surface area contributed by atoms with E-state index < -0.39 is 35.9 Å². The van der Waals surface area contributed by atoms with Gasteiger partial charge in [0.05, 0.1) is 21.9 Å². The molecule has 1 unspecified atom stereocenters. The maximum Gasteiger partial charge on any atom is 0.391 e. The van der Waals surface area contributed by atoms with Crippen LogP contribution < -0.4 is 4.74 Å². The molecule has 0 fully saturated rings. The smallest absolute Gasteiger partial charge is 0.391 e. The molecule has 0 aromatic heterocycles. The summed E-state index contributed by atoms with van der Waals surface area (Å²) in [6.07, 6.45) is -7.75. The molecule has 5 nitrogen and oxygen atoms in total. The number of benzene rings is 1. The minimum Gasteiger partial charge on any atom is -0.483 e. The first-order chi connectivity index (χ1) is 8.70. The van der Waals surface area contributed by atoms with E-state index in [1.54, 1.807) is 0 Å². The zero-order valence-electron chi connectivity index (χ0n) is 9.35. The van der Waals surface area contributed by atoms with Gasteiger partial charge in [-0.3, -0.25) is 10.1 Å². The normalized spacial score (nSPS) is 13.1. The highest BCUT2D eigenvalue weighted by atomic mass is 79.9. The number of para-hydroxylation sites is 1. The number of ether oxygens (including phenoxy) is 1. The summed E-state index contributed by atoms with van der Waals surface area (Å²) in [5, 5.41) is 19.8. The van der Waals surface area contributed by atoms with Crippen LogP contribution in [0.5, 0.6) is 5.75 Å². The zero-order chi connectivity index (χ0) is 14.6. The van der Waals surface area contributed by atoms with Crippen molar-refractivity contribution in [3.05, 3.63) is 32.8 Å². The van der Waals surface area contributed by atoms with Crippen molar-refractivity contribution in [1.29, 1.82) is 0 Å². The molecule has 9 heteroatoms. The number of hydrogen-bond donors (Lipinski definition) is 1. The Kier molecular flexibility index (Phi) is 5.12. The summed E-state index contributed by atoms with van der Waals surface area (Å²) >= 11 is 2.99. The Labute approximate surface area is 114 Å². The number of halogens is 4. The SMILES string of the molecule is O=[N+]([O-])c1cccc(Br)c1OCC(O)CC(F)(F)F. The molecule has 1 aromatic rings. The highest BCUT2D eigenvalue weighted by Gasteiger charge is 2.31. The van der Waals surface area contributed by atoms with Gasteiger partial charge in [0.25, 0.3) is 0 Å². The number of hydrogen-bond acceptors (Lipinski definition) is 4. The molecule has 0 heterocycles. The van der Waals surface area contributed by atoms with Gasteiger partial charge in [0.2, 0.25) is 5.75 Å². The molecule has 0 saturated heterocycles. The van der Waals surface area contributed by atoms with E-state index in [9.17, 15) is 23.3 Å². The van der Waals surface area contributed by atoms with E-state index in [1.165, 1.54) is 12.1 Å². The topological polar surface area (TPSA) is 72.6 Å². The number of aliphatic hydroxyl groups excluding tert-OH is 1. The molecule has 0 spiro atoms. The fraction of sp³-hybridized carbons (Fsp3) is 0.400. The first-order valence-corrected chi connectivity index (χ1v) is 5.80. The zero-order valence-corrected chi connectivity index (χ0v) is 10.9. The number of nitrogens with zero attached hydrogens (tertiary/aromatic N) is 1. The van der Waals surface area contributed by atoms with Crippen LogP contribution in [0.3, 0.4) is 0 Å². The average molecular weight is 344 g/mol. The monoisotopic (exact) mass is 343 g/mol. The quantitative estimate of drug-likeness (QED) is 0.658. The fourth-order valence-electron chi connectivity index (χ4n) is 1.29. The van der Waals surface area contributed by atoms with Gasteiger partial charge in [-0.1, -0.05) is 6.07 Å². The van der Waals surface area contributed by atoms with E-state index >= 15 is 0 Å². The van der Waals surface area contributed by atoms with Crippen LogP contribution in [0.15, 0.2) is 22.7 Å². The Morgan fingerprint density at radius 2 is 2.11 bits per heavy atom. The first-order valence-electron chi connectivity index (χ1n) is 5.01. The molecule has 106 valence electrons. The molecular weight excluding hydrogens is 335 g/mol. The van der Waals surface area contributed by atoms with Gasteiger partial charge in [0.1, 0.15) is 6.61 Å². The molecule has 1 aromatic carbocycles. The molecule has 0 radical (unpaired) electrons. The molecule has 0 bridgehead atoms. The molecule has 1 rings (SSSR count). The largest absolute Gasteiger partial charge is 0.483 e. The highest BCUT2D eigenvalue weighted by molar-refractivity contribution is 9.10. The fourth-order valence-corrected chi connectivity index (χ4v) is 1.76. The number of aliphatic hydroxyl groups is 1. The van der Waals surface area contributed by atoms with E-state index in [1.807, 2.05) is 0 Å². The van der Waals surface area contributed by atoms with E-state index in [-0.39, 0.29) is 10.2 Å². The third-order valence-electron chi connectivity index (χ3n) is 2.03. The van der Waals surface area contributed by atoms with Gasteiger partial charge >= 0.3 is 11.9 Å². The minimum absolute atomic E-state index is 0.214. The van der Waals surface area contributed by atoms with E-state index in [2.05, 4.69) is 15.9 Å². The minimum atomic E-state index is -4.53. The standard InChI is InChI=1S/C10H9BrF3NO4/c11-7-2-1-3-8(15(17)18)9(7)19-5-6(16)4-10(12,13)14/h1-3,6,16H,4-5H2. The number of nitro groups is 1. The first kappa shape index (κ1) is 15.7. The molecule has 19 heavy (non-hydrogen) atoms. The van der Waals surface area contributed by atoms with Gasteiger partial charge < -0.3 is 9.84 Å². The molecule has 1 N–H and O–H groups in total. The van der Waals surface area contributed by atoms with Crippen LogP contribution in [0.1, 0.15) is 6.42 Å². The summed E-state index contributed by atoms with van der Waals surface area (Å²) in [4.78, 5) is 9.98. The predicted octanol–water partition coefficient (Wildman–Crippen LogP) is 3.05. The summed E-state index contributed by atoms with van der Waals surface area (Å²) in [5.41, 5.74) is -0.395. The summed E-state index contributed by atoms with van der Waals surface area (Å²) in [5.74, 6) is -0.214. The van der Waals surface area contributed by atoms with Gasteiger partial charge in [-0.25, -0.2) is 0 Å². The molecule has 0 aliphatic rings. The van der Waals surface area contributed by atoms with Gasteiger partial charge in [-0.05, 0) is 22.0 Å². The van der Waals surface area contributed by atoms with Gasteiger partial charge in [-0.2, -0.15) is 13.2 Å². The van der Waals surface area contributed by atoms with Crippen LogP contribution in [0.4, 0.5) is 18.9 Å². The van der Waals surface area contributed by atoms with Crippen molar-refractivity contribution in [2.75, 3.05) is 6.61 Å². The second-order valence-corrected chi connectivity index (χ2v) is 4.48. The van der Waals surface area contributed by atoms with Crippen molar-refractivity contribution in [2.45, 2.75) is 18.7 Å². The van der Waals surface area contributed by atoms with Crippen LogP contribution in [-0.4, -0.2) is 28.9 Å². The number of nitro benzene ring substituents is 1. The maximum atomic E-state index is 12.0. The Morgan fingerprint density at radius 3 is 2.63 bits per heavy atom. The number of rotatable bonds is 5. The maximum absolute atomic E-state index is 12.0. The second-order valence-electron chi connectivity index (χ2n) is 3.63. The Bertz CT molecular complexity index is 467. The lowest BCUT2D eigenvalue weighted by Gasteiger charge is -2.14. The third kappa shape index (κ3) is 5.03. The van der Waals surface area contributed by atoms with Crippen molar-refractivity contribution >= 4 is 21.6 Å². The van der Waals surface area contributed by atoms with Gasteiger partial charge in [-0.15, -0.1) is 0 Å². The van der Waals surface area contributed by atoms with E-state index in [0.29, 0.717) is 0 Å². The van der Waals surface area contributed by atoms with Gasteiger partial charge in [0, 0.05) is 6.07 Å². The summed E-state index contributed by atoms with van der Waals surface area (Å²) < 4.78 is 41.1. The second kappa shape index (κ2) is 6.20. The predicted molar refractivity (Wildman–Crippen MR) is 63.0 cm³/mol. The van der Waals surface area contributed by atoms with Crippen molar-refractivity contribution in [2.24, 2.45) is 0 Å². The molecule has 0 saturated carbocycles. The Hall–Kier alpha value is -1.35. The molecule has 0 amide bonds. The number of alkyl halides is 3. The van der Waals surface area contributed by atoms with Crippen LogP contribution in [0.25, 0.3) is 0 Å². The van der Waals surface area contributed by atoms with Crippen LogP contribution >= 0.6 is 15.9 Å². The highest BCUT2D eigenvalue weighted by Crippen LogP contribution is 2.35. The molecule has 0 aliphatic heterocycles.